The molecule has 2 rings (SSSR count). The van der Waals surface area contributed by atoms with E-state index in [1.165, 1.54) is 30.2 Å². The highest BCUT2D eigenvalue weighted by Crippen LogP contribution is 2.26. The summed E-state index contributed by atoms with van der Waals surface area (Å²) in [6.07, 6.45) is 2.60. The van der Waals surface area contributed by atoms with Crippen LogP contribution >= 0.6 is 11.8 Å². The summed E-state index contributed by atoms with van der Waals surface area (Å²) in [5.41, 5.74) is 0. The summed E-state index contributed by atoms with van der Waals surface area (Å²) in [6, 6.07) is 0. The summed E-state index contributed by atoms with van der Waals surface area (Å²) in [5, 5.41) is 3.32. The van der Waals surface area contributed by atoms with E-state index in [0.29, 0.717) is 0 Å². The molecule has 2 aliphatic heterocycles. The monoisotopic (exact) mass is 170 g/mol. The zero-order chi connectivity index (χ0) is 7.52. The fourth-order valence-electron chi connectivity index (χ4n) is 1.60. The van der Waals surface area contributed by atoms with Crippen LogP contribution in [0.4, 0.5) is 0 Å². The van der Waals surface area contributed by atoms with Gasteiger partial charge in [-0.2, -0.15) is 11.8 Å². The van der Waals surface area contributed by atoms with Gasteiger partial charge in [0, 0.05) is 13.0 Å². The largest absolute Gasteiger partial charge is 0.372 e. The van der Waals surface area contributed by atoms with Crippen LogP contribution in [0.15, 0.2) is 4.99 Å². The van der Waals surface area contributed by atoms with Gasteiger partial charge >= 0.3 is 0 Å². The standard InChI is InChI=1S/C8H14N2S/c1-4-11-6-7(1)5-8-9-2-3-10-8/h7H,1-6H2,(H,9,10). The summed E-state index contributed by atoms with van der Waals surface area (Å²) in [7, 11) is 0. The zero-order valence-corrected chi connectivity index (χ0v) is 7.49. The average Bonchev–Trinajstić information content (AvgIpc) is 2.60. The first-order valence-electron chi connectivity index (χ1n) is 4.30. The van der Waals surface area contributed by atoms with Gasteiger partial charge in [0.1, 0.15) is 0 Å². The van der Waals surface area contributed by atoms with Gasteiger partial charge in [0.25, 0.3) is 0 Å². The van der Waals surface area contributed by atoms with E-state index in [1.54, 1.807) is 0 Å². The summed E-state index contributed by atoms with van der Waals surface area (Å²) < 4.78 is 0. The molecule has 0 aromatic heterocycles. The lowest BCUT2D eigenvalue weighted by Crippen LogP contribution is -2.21. The molecule has 3 heteroatoms. The molecule has 0 bridgehead atoms. The number of aliphatic imine (C=N–C) groups is 1. The van der Waals surface area contributed by atoms with Crippen LogP contribution in [0.5, 0.6) is 0 Å². The predicted molar refractivity (Wildman–Crippen MR) is 50.4 cm³/mol. The van der Waals surface area contributed by atoms with Gasteiger partial charge in [-0.3, -0.25) is 4.99 Å². The predicted octanol–water partition coefficient (Wildman–Crippen LogP) is 1.13. The van der Waals surface area contributed by atoms with Crippen molar-refractivity contribution in [3.63, 3.8) is 0 Å². The molecule has 0 spiro atoms. The van der Waals surface area contributed by atoms with Crippen molar-refractivity contribution < 1.29 is 0 Å². The Morgan fingerprint density at radius 2 is 2.64 bits per heavy atom. The lowest BCUT2D eigenvalue weighted by molar-refractivity contribution is 0.620. The summed E-state index contributed by atoms with van der Waals surface area (Å²) in [4.78, 5) is 4.40. The number of amidine groups is 1. The molecule has 1 unspecified atom stereocenters. The number of rotatable bonds is 2. The summed E-state index contributed by atoms with van der Waals surface area (Å²) >= 11 is 2.08. The number of nitrogens with zero attached hydrogens (tertiary/aromatic N) is 1. The summed E-state index contributed by atoms with van der Waals surface area (Å²) in [6.45, 7) is 2.06. The molecule has 0 amide bonds. The second-order valence-corrected chi connectivity index (χ2v) is 4.34. The van der Waals surface area contributed by atoms with E-state index in [1.807, 2.05) is 0 Å². The molecule has 0 aliphatic carbocycles. The highest BCUT2D eigenvalue weighted by molar-refractivity contribution is 7.99. The maximum Gasteiger partial charge on any atom is 0.0967 e. The van der Waals surface area contributed by atoms with E-state index in [2.05, 4.69) is 22.1 Å². The molecule has 11 heavy (non-hydrogen) atoms. The topological polar surface area (TPSA) is 24.4 Å². The van der Waals surface area contributed by atoms with E-state index in [9.17, 15) is 0 Å². The van der Waals surface area contributed by atoms with Gasteiger partial charge in [-0.15, -0.1) is 0 Å². The molecule has 0 aromatic carbocycles. The lowest BCUT2D eigenvalue weighted by atomic mass is 10.1. The van der Waals surface area contributed by atoms with Crippen LogP contribution in [-0.2, 0) is 0 Å². The third-order valence-corrected chi connectivity index (χ3v) is 3.48. The SMILES string of the molecule is C1CNC(CC2CCSC2)=N1. The maximum atomic E-state index is 4.40. The fourth-order valence-corrected chi connectivity index (χ4v) is 2.89. The first-order valence-corrected chi connectivity index (χ1v) is 5.45. The first kappa shape index (κ1) is 7.47. The maximum absolute atomic E-state index is 4.40. The Morgan fingerprint density at radius 3 is 3.27 bits per heavy atom. The van der Waals surface area contributed by atoms with Crippen molar-refractivity contribution in [1.82, 2.24) is 5.32 Å². The molecule has 0 saturated carbocycles. The number of hydrogen-bond donors (Lipinski definition) is 1. The molecule has 2 nitrogen and oxygen atoms in total. The smallest absolute Gasteiger partial charge is 0.0967 e. The van der Waals surface area contributed by atoms with Gasteiger partial charge < -0.3 is 5.32 Å². The number of hydrogen-bond acceptors (Lipinski definition) is 3. The Bertz CT molecular complexity index is 161. The van der Waals surface area contributed by atoms with Crippen LogP contribution in [-0.4, -0.2) is 30.4 Å². The second-order valence-electron chi connectivity index (χ2n) is 3.19. The van der Waals surface area contributed by atoms with Gasteiger partial charge in [-0.05, 0) is 23.8 Å². The van der Waals surface area contributed by atoms with Crippen LogP contribution in [0.3, 0.4) is 0 Å². The molecule has 0 aromatic rings. The van der Waals surface area contributed by atoms with Crippen molar-refractivity contribution in [3.8, 4) is 0 Å². The molecule has 2 aliphatic rings. The normalized spacial score (nSPS) is 30.2. The van der Waals surface area contributed by atoms with Crippen molar-refractivity contribution in [2.75, 3.05) is 24.6 Å². The fraction of sp³-hybridized carbons (Fsp3) is 0.875. The minimum Gasteiger partial charge on any atom is -0.372 e. The van der Waals surface area contributed by atoms with E-state index in [0.717, 1.165) is 19.0 Å². The molecule has 1 saturated heterocycles. The number of nitrogens with one attached hydrogen (secondary N) is 1. The third-order valence-electron chi connectivity index (χ3n) is 2.25. The van der Waals surface area contributed by atoms with E-state index in [-0.39, 0.29) is 0 Å². The van der Waals surface area contributed by atoms with Crippen LogP contribution in [0, 0.1) is 5.92 Å². The Hall–Kier alpha value is -0.180. The van der Waals surface area contributed by atoms with Crippen LogP contribution in [0.1, 0.15) is 12.8 Å². The van der Waals surface area contributed by atoms with Crippen LogP contribution in [0.25, 0.3) is 0 Å². The minimum absolute atomic E-state index is 0.907. The Kier molecular flexibility index (Phi) is 2.36. The van der Waals surface area contributed by atoms with Crippen molar-refractivity contribution in [1.29, 1.82) is 0 Å². The molecule has 2 heterocycles. The van der Waals surface area contributed by atoms with E-state index < -0.39 is 0 Å². The van der Waals surface area contributed by atoms with Gasteiger partial charge in [-0.1, -0.05) is 0 Å². The average molecular weight is 170 g/mol. The summed E-state index contributed by atoms with van der Waals surface area (Å²) in [5.74, 6) is 4.88. The van der Waals surface area contributed by atoms with Crippen LogP contribution < -0.4 is 5.32 Å². The third kappa shape index (κ3) is 1.89. The second kappa shape index (κ2) is 3.48. The molecule has 0 radical (unpaired) electrons. The minimum atomic E-state index is 0.907. The van der Waals surface area contributed by atoms with Crippen molar-refractivity contribution in [2.45, 2.75) is 12.8 Å². The molecular weight excluding hydrogens is 156 g/mol. The van der Waals surface area contributed by atoms with Crippen molar-refractivity contribution >= 4 is 17.6 Å². The van der Waals surface area contributed by atoms with Gasteiger partial charge in [-0.25, -0.2) is 0 Å². The van der Waals surface area contributed by atoms with Crippen molar-refractivity contribution in [3.05, 3.63) is 0 Å². The van der Waals surface area contributed by atoms with Crippen molar-refractivity contribution in [2.24, 2.45) is 10.9 Å². The van der Waals surface area contributed by atoms with E-state index >= 15 is 0 Å². The molecular formula is C8H14N2S. The highest BCUT2D eigenvalue weighted by Gasteiger charge is 2.18. The molecule has 62 valence electrons. The molecule has 1 atom stereocenters. The Balaban J connectivity index is 1.79. The van der Waals surface area contributed by atoms with Gasteiger partial charge in [0.05, 0.1) is 12.4 Å². The first-order chi connectivity index (χ1) is 5.45. The van der Waals surface area contributed by atoms with Gasteiger partial charge in [0.2, 0.25) is 0 Å². The highest BCUT2D eigenvalue weighted by atomic mass is 32.2. The van der Waals surface area contributed by atoms with Gasteiger partial charge in [0.15, 0.2) is 0 Å². The Morgan fingerprint density at radius 1 is 1.64 bits per heavy atom. The lowest BCUT2D eigenvalue weighted by Gasteiger charge is -2.07. The Labute approximate surface area is 71.9 Å². The van der Waals surface area contributed by atoms with E-state index in [4.69, 9.17) is 0 Å². The van der Waals surface area contributed by atoms with Crippen LogP contribution in [0.2, 0.25) is 0 Å². The zero-order valence-electron chi connectivity index (χ0n) is 6.68. The molecule has 1 N–H and O–H groups in total. The molecule has 1 fully saturated rings. The number of thioether (sulfide) groups is 1. The quantitative estimate of drug-likeness (QED) is 0.672.